The number of hydrogen-bond donors (Lipinski definition) is 1. The second-order valence-corrected chi connectivity index (χ2v) is 6.45. The first-order valence-electron chi connectivity index (χ1n) is 8.63. The number of anilines is 1. The molecule has 1 saturated heterocycles. The highest BCUT2D eigenvalue weighted by molar-refractivity contribution is 6.05. The number of rotatable bonds is 4. The van der Waals surface area contributed by atoms with Gasteiger partial charge in [0.15, 0.2) is 5.65 Å². The van der Waals surface area contributed by atoms with Gasteiger partial charge >= 0.3 is 0 Å². The van der Waals surface area contributed by atoms with Crippen molar-refractivity contribution in [2.75, 3.05) is 18.4 Å². The second-order valence-electron chi connectivity index (χ2n) is 6.45. The minimum atomic E-state index is -0.156. The van der Waals surface area contributed by atoms with Crippen LogP contribution in [0.4, 0.5) is 5.69 Å². The van der Waals surface area contributed by atoms with Gasteiger partial charge in [-0.25, -0.2) is 9.50 Å². The Bertz CT molecular complexity index is 911. The summed E-state index contributed by atoms with van der Waals surface area (Å²) in [5.74, 6) is -0.156. The third-order valence-corrected chi connectivity index (χ3v) is 4.76. The molecule has 2 aromatic heterocycles. The molecule has 1 amide bonds. The molecule has 1 fully saturated rings. The van der Waals surface area contributed by atoms with Gasteiger partial charge < -0.3 is 5.32 Å². The van der Waals surface area contributed by atoms with Crippen LogP contribution >= 0.6 is 0 Å². The number of aryl methyl sites for hydroxylation is 1. The molecule has 25 heavy (non-hydrogen) atoms. The molecule has 0 atom stereocenters. The number of nitrogens with zero attached hydrogens (tertiary/aromatic N) is 4. The molecular formula is C19H21N5O. The molecule has 6 nitrogen and oxygen atoms in total. The van der Waals surface area contributed by atoms with E-state index in [1.54, 1.807) is 16.9 Å². The molecule has 1 aliphatic heterocycles. The molecule has 0 saturated carbocycles. The molecule has 3 aromatic rings. The molecule has 1 aromatic carbocycles. The summed E-state index contributed by atoms with van der Waals surface area (Å²) in [7, 11) is 0. The van der Waals surface area contributed by atoms with Gasteiger partial charge in [0.2, 0.25) is 0 Å². The summed E-state index contributed by atoms with van der Waals surface area (Å²) in [5, 5.41) is 7.27. The quantitative estimate of drug-likeness (QED) is 0.796. The Kier molecular flexibility index (Phi) is 4.19. The number of benzene rings is 1. The van der Waals surface area contributed by atoms with Crippen LogP contribution in [0.25, 0.3) is 5.65 Å². The molecule has 0 radical (unpaired) electrons. The monoisotopic (exact) mass is 335 g/mol. The highest BCUT2D eigenvalue weighted by atomic mass is 16.1. The van der Waals surface area contributed by atoms with Crippen LogP contribution in [-0.2, 0) is 6.54 Å². The highest BCUT2D eigenvalue weighted by Crippen LogP contribution is 2.21. The number of amides is 1. The van der Waals surface area contributed by atoms with Gasteiger partial charge in [0.1, 0.15) is 0 Å². The van der Waals surface area contributed by atoms with Gasteiger partial charge in [-0.2, -0.15) is 5.10 Å². The van der Waals surface area contributed by atoms with Crippen molar-refractivity contribution >= 4 is 17.2 Å². The maximum Gasteiger partial charge on any atom is 0.259 e. The molecular weight excluding hydrogens is 314 g/mol. The number of hydrogen-bond acceptors (Lipinski definition) is 4. The molecule has 0 aliphatic carbocycles. The van der Waals surface area contributed by atoms with Crippen LogP contribution in [0.2, 0.25) is 0 Å². The summed E-state index contributed by atoms with van der Waals surface area (Å²) in [4.78, 5) is 19.5. The number of para-hydroxylation sites is 1. The van der Waals surface area contributed by atoms with Gasteiger partial charge in [-0.15, -0.1) is 0 Å². The van der Waals surface area contributed by atoms with Crippen LogP contribution in [0, 0.1) is 6.92 Å². The predicted octanol–water partition coefficient (Wildman–Crippen LogP) is 2.89. The largest absolute Gasteiger partial charge is 0.322 e. The van der Waals surface area contributed by atoms with Crippen LogP contribution in [-0.4, -0.2) is 38.5 Å². The van der Waals surface area contributed by atoms with E-state index in [0.717, 1.165) is 42.2 Å². The number of nitrogens with one attached hydrogen (secondary N) is 1. The average molecular weight is 335 g/mol. The zero-order valence-corrected chi connectivity index (χ0v) is 14.3. The number of likely N-dealkylation sites (tertiary alicyclic amines) is 1. The summed E-state index contributed by atoms with van der Waals surface area (Å²) in [6.45, 7) is 5.00. The summed E-state index contributed by atoms with van der Waals surface area (Å²) in [6, 6.07) is 9.82. The van der Waals surface area contributed by atoms with Crippen LogP contribution in [0.3, 0.4) is 0 Å². The van der Waals surface area contributed by atoms with Gasteiger partial charge in [0.25, 0.3) is 5.91 Å². The smallest absolute Gasteiger partial charge is 0.259 e. The lowest BCUT2D eigenvalue weighted by Gasteiger charge is -2.18. The zero-order chi connectivity index (χ0) is 17.2. The highest BCUT2D eigenvalue weighted by Gasteiger charge is 2.17. The van der Waals surface area contributed by atoms with Gasteiger partial charge in [0.05, 0.1) is 17.5 Å². The van der Waals surface area contributed by atoms with E-state index in [1.807, 2.05) is 31.2 Å². The molecule has 128 valence electrons. The van der Waals surface area contributed by atoms with Crippen molar-refractivity contribution in [1.29, 1.82) is 0 Å². The fourth-order valence-electron chi connectivity index (χ4n) is 3.37. The van der Waals surface area contributed by atoms with Gasteiger partial charge in [-0.3, -0.25) is 9.69 Å². The Morgan fingerprint density at radius 3 is 2.84 bits per heavy atom. The van der Waals surface area contributed by atoms with Crippen LogP contribution in [0.1, 0.15) is 34.5 Å². The first-order valence-corrected chi connectivity index (χ1v) is 8.63. The van der Waals surface area contributed by atoms with E-state index in [9.17, 15) is 4.79 Å². The summed E-state index contributed by atoms with van der Waals surface area (Å²) in [5.41, 5.74) is 4.06. The number of aromatic nitrogens is 3. The van der Waals surface area contributed by atoms with Crippen LogP contribution < -0.4 is 5.32 Å². The predicted molar refractivity (Wildman–Crippen MR) is 96.6 cm³/mol. The Morgan fingerprint density at radius 1 is 1.20 bits per heavy atom. The molecule has 0 unspecified atom stereocenters. The maximum absolute atomic E-state index is 12.8. The topological polar surface area (TPSA) is 62.5 Å². The first-order chi connectivity index (χ1) is 12.2. The Morgan fingerprint density at radius 2 is 2.00 bits per heavy atom. The normalized spacial score (nSPS) is 14.9. The lowest BCUT2D eigenvalue weighted by atomic mass is 10.1. The minimum absolute atomic E-state index is 0.156. The molecule has 1 N–H and O–H groups in total. The molecule has 1 aliphatic rings. The Hall–Kier alpha value is -2.73. The van der Waals surface area contributed by atoms with Crippen molar-refractivity contribution in [3.63, 3.8) is 0 Å². The van der Waals surface area contributed by atoms with E-state index in [2.05, 4.69) is 26.4 Å². The summed E-state index contributed by atoms with van der Waals surface area (Å²) in [6.07, 6.45) is 5.81. The number of carbonyl (C=O) groups excluding carboxylic acids is 1. The molecule has 0 spiro atoms. The van der Waals surface area contributed by atoms with Gasteiger partial charge in [-0.05, 0) is 44.5 Å². The number of fused-ring (bicyclic) bond motifs is 1. The Balaban J connectivity index is 1.58. The lowest BCUT2D eigenvalue weighted by Crippen LogP contribution is -2.21. The van der Waals surface area contributed by atoms with E-state index in [-0.39, 0.29) is 5.91 Å². The van der Waals surface area contributed by atoms with E-state index >= 15 is 0 Å². The van der Waals surface area contributed by atoms with E-state index < -0.39 is 0 Å². The standard InChI is InChI=1S/C19H21N5O/c1-14-16(12-20-18-8-9-21-24(14)18)19(25)22-17-7-3-2-6-15(17)13-23-10-4-5-11-23/h2-3,6-9,12H,4-5,10-11,13H2,1H3,(H,22,25). The van der Waals surface area contributed by atoms with E-state index in [4.69, 9.17) is 0 Å². The maximum atomic E-state index is 12.8. The van der Waals surface area contributed by atoms with Crippen molar-refractivity contribution in [2.45, 2.75) is 26.3 Å². The minimum Gasteiger partial charge on any atom is -0.322 e. The van der Waals surface area contributed by atoms with Crippen molar-refractivity contribution in [2.24, 2.45) is 0 Å². The van der Waals surface area contributed by atoms with Crippen molar-refractivity contribution < 1.29 is 4.79 Å². The molecule has 6 heteroatoms. The van der Waals surface area contributed by atoms with Gasteiger partial charge in [-0.1, -0.05) is 18.2 Å². The summed E-state index contributed by atoms with van der Waals surface area (Å²) >= 11 is 0. The third kappa shape index (κ3) is 3.13. The first kappa shape index (κ1) is 15.8. The number of carbonyl (C=O) groups is 1. The fraction of sp³-hybridized carbons (Fsp3) is 0.316. The second kappa shape index (κ2) is 6.64. The Labute approximate surface area is 146 Å². The summed E-state index contributed by atoms with van der Waals surface area (Å²) < 4.78 is 1.69. The van der Waals surface area contributed by atoms with Crippen molar-refractivity contribution in [1.82, 2.24) is 19.5 Å². The van der Waals surface area contributed by atoms with Crippen LogP contribution in [0.15, 0.2) is 42.7 Å². The van der Waals surface area contributed by atoms with Crippen LogP contribution in [0.5, 0.6) is 0 Å². The lowest BCUT2D eigenvalue weighted by molar-refractivity contribution is 0.102. The van der Waals surface area contributed by atoms with E-state index in [1.165, 1.54) is 12.8 Å². The van der Waals surface area contributed by atoms with E-state index in [0.29, 0.717) is 5.56 Å². The molecule has 0 bridgehead atoms. The van der Waals surface area contributed by atoms with Crippen molar-refractivity contribution in [3.8, 4) is 0 Å². The van der Waals surface area contributed by atoms with Gasteiger partial charge in [0, 0.05) is 24.5 Å². The van der Waals surface area contributed by atoms with Crippen molar-refractivity contribution in [3.05, 3.63) is 59.5 Å². The molecule has 4 rings (SSSR count). The fourth-order valence-corrected chi connectivity index (χ4v) is 3.37. The molecule has 3 heterocycles. The average Bonchev–Trinajstić information content (AvgIpc) is 3.28. The SMILES string of the molecule is Cc1c(C(=O)Nc2ccccc2CN2CCCC2)cnc2ccnn12. The zero-order valence-electron chi connectivity index (χ0n) is 14.3. The third-order valence-electron chi connectivity index (χ3n) is 4.76.